The van der Waals surface area contributed by atoms with E-state index in [1.165, 1.54) is 11.6 Å². The third-order valence-electron chi connectivity index (χ3n) is 4.94. The summed E-state index contributed by atoms with van der Waals surface area (Å²) in [5.41, 5.74) is 1.69. The van der Waals surface area contributed by atoms with E-state index < -0.39 is 0 Å². The predicted octanol–water partition coefficient (Wildman–Crippen LogP) is 5.22. The van der Waals surface area contributed by atoms with Crippen LogP contribution in [0.3, 0.4) is 0 Å². The lowest BCUT2D eigenvalue weighted by atomic mass is 10.2. The van der Waals surface area contributed by atoms with Gasteiger partial charge in [0.05, 0.1) is 13.2 Å². The van der Waals surface area contributed by atoms with Crippen molar-refractivity contribution in [3.05, 3.63) is 81.1 Å². The molecule has 0 bridgehead atoms. The van der Waals surface area contributed by atoms with Crippen LogP contribution < -0.4 is 0 Å². The summed E-state index contributed by atoms with van der Waals surface area (Å²) in [5, 5.41) is 5.24. The second-order valence-corrected chi connectivity index (χ2v) is 8.11. The highest BCUT2D eigenvalue weighted by molar-refractivity contribution is 7.71. The Bertz CT molecular complexity index is 1010. The Hall–Kier alpha value is -2.02. The van der Waals surface area contributed by atoms with E-state index >= 15 is 0 Å². The average molecular weight is 417 g/mol. The van der Waals surface area contributed by atoms with E-state index in [9.17, 15) is 4.39 Å². The van der Waals surface area contributed by atoms with Crippen molar-refractivity contribution in [2.24, 2.45) is 0 Å². The maximum atomic E-state index is 14.1. The molecule has 1 fully saturated rings. The number of halogens is 2. The van der Waals surface area contributed by atoms with Crippen molar-refractivity contribution in [3.63, 3.8) is 0 Å². The zero-order chi connectivity index (χ0) is 19.7. The van der Waals surface area contributed by atoms with Crippen LogP contribution in [-0.2, 0) is 19.8 Å². The van der Waals surface area contributed by atoms with Crippen LogP contribution in [0.2, 0.25) is 5.02 Å². The Morgan fingerprint density at radius 3 is 2.61 bits per heavy atom. The van der Waals surface area contributed by atoms with E-state index in [1.807, 2.05) is 34.8 Å². The van der Waals surface area contributed by atoms with Gasteiger partial charge in [-0.05, 0) is 49.8 Å². The van der Waals surface area contributed by atoms with Crippen LogP contribution in [0.5, 0.6) is 0 Å². The van der Waals surface area contributed by atoms with Crippen LogP contribution in [-0.4, -0.2) is 26.3 Å². The summed E-state index contributed by atoms with van der Waals surface area (Å²) in [6, 6.07) is 15.0. The molecule has 0 spiro atoms. The van der Waals surface area contributed by atoms with Gasteiger partial charge in [0.2, 0.25) is 0 Å². The van der Waals surface area contributed by atoms with Gasteiger partial charge in [0, 0.05) is 23.0 Å². The number of rotatable bonds is 7. The molecule has 2 aromatic carbocycles. The van der Waals surface area contributed by atoms with Crippen molar-refractivity contribution >= 4 is 23.8 Å². The molecule has 0 radical (unpaired) electrons. The van der Waals surface area contributed by atoms with Gasteiger partial charge in [0.1, 0.15) is 11.6 Å². The minimum atomic E-state index is -0.295. The van der Waals surface area contributed by atoms with Crippen LogP contribution >= 0.6 is 23.8 Å². The molecule has 1 aliphatic carbocycles. The molecule has 0 amide bonds. The Morgan fingerprint density at radius 2 is 1.93 bits per heavy atom. The SMILES string of the molecule is CN(Cc1c(F)cccc1Cl)Cn1nc(C2CC2)n(Cc2ccccc2)c1=S. The fourth-order valence-corrected chi connectivity index (χ4v) is 3.82. The summed E-state index contributed by atoms with van der Waals surface area (Å²) in [5.74, 6) is 1.24. The lowest BCUT2D eigenvalue weighted by molar-refractivity contribution is 0.240. The van der Waals surface area contributed by atoms with Gasteiger partial charge in [-0.3, -0.25) is 9.47 Å². The van der Waals surface area contributed by atoms with Crippen molar-refractivity contribution in [1.82, 2.24) is 19.2 Å². The summed E-state index contributed by atoms with van der Waals surface area (Å²) < 4.78 is 18.8. The molecule has 1 aliphatic rings. The van der Waals surface area contributed by atoms with E-state index in [0.717, 1.165) is 18.7 Å². The second kappa shape index (κ2) is 8.15. The molecule has 4 rings (SSSR count). The van der Waals surface area contributed by atoms with E-state index in [-0.39, 0.29) is 5.82 Å². The molecule has 28 heavy (non-hydrogen) atoms. The molecule has 7 heteroatoms. The minimum Gasteiger partial charge on any atom is -0.299 e. The molecule has 1 aromatic heterocycles. The Balaban J connectivity index is 1.56. The largest absolute Gasteiger partial charge is 0.299 e. The summed E-state index contributed by atoms with van der Waals surface area (Å²) in [6.07, 6.45) is 2.31. The average Bonchev–Trinajstić information content (AvgIpc) is 3.48. The Morgan fingerprint density at radius 1 is 1.18 bits per heavy atom. The summed E-state index contributed by atoms with van der Waals surface area (Å²) >= 11 is 11.9. The van der Waals surface area contributed by atoms with E-state index in [2.05, 4.69) is 16.7 Å². The first-order valence-electron chi connectivity index (χ1n) is 9.36. The van der Waals surface area contributed by atoms with Gasteiger partial charge in [0.25, 0.3) is 0 Å². The van der Waals surface area contributed by atoms with Crippen LogP contribution in [0, 0.1) is 10.6 Å². The van der Waals surface area contributed by atoms with Crippen molar-refractivity contribution in [2.45, 2.75) is 38.5 Å². The zero-order valence-corrected chi connectivity index (χ0v) is 17.3. The molecular weight excluding hydrogens is 395 g/mol. The molecule has 0 saturated heterocycles. The van der Waals surface area contributed by atoms with Crippen LogP contribution in [0.4, 0.5) is 4.39 Å². The number of hydrogen-bond donors (Lipinski definition) is 0. The zero-order valence-electron chi connectivity index (χ0n) is 15.7. The highest BCUT2D eigenvalue weighted by Gasteiger charge is 2.30. The van der Waals surface area contributed by atoms with E-state index in [0.29, 0.717) is 41.0 Å². The van der Waals surface area contributed by atoms with Crippen molar-refractivity contribution < 1.29 is 4.39 Å². The van der Waals surface area contributed by atoms with Gasteiger partial charge < -0.3 is 0 Å². The first-order valence-corrected chi connectivity index (χ1v) is 10.1. The third-order valence-corrected chi connectivity index (χ3v) is 5.73. The van der Waals surface area contributed by atoms with Gasteiger partial charge in [-0.25, -0.2) is 9.07 Å². The monoisotopic (exact) mass is 416 g/mol. The van der Waals surface area contributed by atoms with Gasteiger partial charge in [0.15, 0.2) is 4.77 Å². The molecule has 0 unspecified atom stereocenters. The van der Waals surface area contributed by atoms with Crippen LogP contribution in [0.1, 0.15) is 35.7 Å². The molecule has 0 aliphatic heterocycles. The smallest absolute Gasteiger partial charge is 0.199 e. The van der Waals surface area contributed by atoms with Gasteiger partial charge in [-0.1, -0.05) is 48.0 Å². The highest BCUT2D eigenvalue weighted by Crippen LogP contribution is 2.39. The van der Waals surface area contributed by atoms with Crippen molar-refractivity contribution in [2.75, 3.05) is 7.05 Å². The predicted molar refractivity (Wildman–Crippen MR) is 111 cm³/mol. The van der Waals surface area contributed by atoms with Crippen molar-refractivity contribution in [3.8, 4) is 0 Å². The summed E-state index contributed by atoms with van der Waals surface area (Å²) in [4.78, 5) is 1.97. The molecule has 4 nitrogen and oxygen atoms in total. The molecule has 146 valence electrons. The molecule has 3 aromatic rings. The topological polar surface area (TPSA) is 26.0 Å². The lowest BCUT2D eigenvalue weighted by Gasteiger charge is -2.17. The lowest BCUT2D eigenvalue weighted by Crippen LogP contribution is -2.23. The van der Waals surface area contributed by atoms with Crippen molar-refractivity contribution in [1.29, 1.82) is 0 Å². The number of hydrogen-bond acceptors (Lipinski definition) is 3. The minimum absolute atomic E-state index is 0.295. The highest BCUT2D eigenvalue weighted by atomic mass is 35.5. The molecule has 1 saturated carbocycles. The second-order valence-electron chi connectivity index (χ2n) is 7.34. The van der Waals surface area contributed by atoms with E-state index in [4.69, 9.17) is 28.9 Å². The van der Waals surface area contributed by atoms with Crippen LogP contribution in [0.15, 0.2) is 48.5 Å². The van der Waals surface area contributed by atoms with Crippen LogP contribution in [0.25, 0.3) is 0 Å². The fraction of sp³-hybridized carbons (Fsp3) is 0.333. The quantitative estimate of drug-likeness (QED) is 0.494. The van der Waals surface area contributed by atoms with Gasteiger partial charge >= 0.3 is 0 Å². The fourth-order valence-electron chi connectivity index (χ4n) is 3.34. The first-order chi connectivity index (χ1) is 13.5. The first kappa shape index (κ1) is 19.3. The molecule has 0 atom stereocenters. The van der Waals surface area contributed by atoms with E-state index in [1.54, 1.807) is 12.1 Å². The maximum absolute atomic E-state index is 14.1. The number of benzene rings is 2. The molecular formula is C21H22ClFN4S. The number of nitrogens with zero attached hydrogens (tertiary/aromatic N) is 4. The summed E-state index contributed by atoms with van der Waals surface area (Å²) in [7, 11) is 1.91. The normalized spacial score (nSPS) is 14.0. The molecule has 1 heterocycles. The standard InChI is InChI=1S/C21H22ClFN4S/c1-25(13-17-18(22)8-5-9-19(17)23)14-27-21(28)26(20(24-27)16-10-11-16)12-15-6-3-2-4-7-15/h2-9,16H,10-14H2,1H3. The van der Waals surface area contributed by atoms with Gasteiger partial charge in [-0.15, -0.1) is 0 Å². The Labute approximate surface area is 174 Å². The maximum Gasteiger partial charge on any atom is 0.199 e. The number of aromatic nitrogens is 3. The Kier molecular flexibility index (Phi) is 5.62. The van der Waals surface area contributed by atoms with Gasteiger partial charge in [-0.2, -0.15) is 5.10 Å². The summed E-state index contributed by atoms with van der Waals surface area (Å²) in [6.45, 7) is 1.58. The molecule has 0 N–H and O–H groups in total. The third kappa shape index (κ3) is 4.19.